The van der Waals surface area contributed by atoms with Gasteiger partial charge in [-0.2, -0.15) is 0 Å². The largest absolute Gasteiger partial charge is 0.468 e. The van der Waals surface area contributed by atoms with Gasteiger partial charge in [0, 0.05) is 5.69 Å². The highest BCUT2D eigenvalue weighted by Gasteiger charge is 2.18. The first-order valence-corrected chi connectivity index (χ1v) is 8.82. The highest BCUT2D eigenvalue weighted by atomic mass is 32.2. The van der Waals surface area contributed by atoms with Crippen LogP contribution >= 0.6 is 23.1 Å². The number of rotatable bonds is 5. The second kappa shape index (κ2) is 8.11. The zero-order valence-electron chi connectivity index (χ0n) is 13.7. The number of aromatic nitrogens is 2. The van der Waals surface area contributed by atoms with E-state index in [4.69, 9.17) is 0 Å². The third kappa shape index (κ3) is 4.93. The molecule has 1 aromatic carbocycles. The first kappa shape index (κ1) is 18.2. The molecule has 0 radical (unpaired) electrons. The van der Waals surface area contributed by atoms with E-state index in [-0.39, 0.29) is 11.2 Å². The summed E-state index contributed by atoms with van der Waals surface area (Å²) < 4.78 is 5.24. The van der Waals surface area contributed by atoms with Crippen molar-refractivity contribution < 1.29 is 14.3 Å². The number of hydrogen-bond acceptors (Lipinski definition) is 7. The number of carbonyl (C=O) groups is 2. The number of nitrogens with one attached hydrogen (secondary N) is 2. The molecule has 0 unspecified atom stereocenters. The summed E-state index contributed by atoms with van der Waals surface area (Å²) in [6.07, 6.45) is 0. The number of aryl methyl sites for hydroxylation is 2. The van der Waals surface area contributed by atoms with Crippen molar-refractivity contribution in [2.24, 2.45) is 0 Å². The molecule has 1 aromatic heterocycles. The molecule has 2 rings (SSSR count). The lowest BCUT2D eigenvalue weighted by Crippen LogP contribution is -2.19. The molecule has 0 spiro atoms. The number of carbonyl (C=O) groups excluding carboxylic acids is 2. The lowest BCUT2D eigenvalue weighted by molar-refractivity contribution is -0.139. The summed E-state index contributed by atoms with van der Waals surface area (Å²) in [5.41, 5.74) is 2.96. The molecule has 0 saturated heterocycles. The second-order valence-electron chi connectivity index (χ2n) is 5.03. The summed E-state index contributed by atoms with van der Waals surface area (Å²) in [5, 5.41) is 13.2. The number of amides is 2. The van der Waals surface area contributed by atoms with Crippen molar-refractivity contribution in [2.45, 2.75) is 30.4 Å². The number of esters is 1. The molecule has 0 fully saturated rings. The topological polar surface area (TPSA) is 93.2 Å². The van der Waals surface area contributed by atoms with Crippen LogP contribution in [0.2, 0.25) is 0 Å². The molecule has 2 amide bonds. The number of anilines is 2. The van der Waals surface area contributed by atoms with Crippen LogP contribution in [0.3, 0.4) is 0 Å². The highest BCUT2D eigenvalue weighted by molar-refractivity contribution is 8.02. The number of benzene rings is 1. The Hall–Kier alpha value is -2.13. The molecule has 2 N–H and O–H groups in total. The minimum atomic E-state index is -0.396. The van der Waals surface area contributed by atoms with Crippen LogP contribution in [0.1, 0.15) is 18.1 Å². The molecule has 7 nitrogen and oxygen atoms in total. The van der Waals surface area contributed by atoms with Gasteiger partial charge >= 0.3 is 12.0 Å². The Labute approximate surface area is 148 Å². The Bertz CT molecular complexity index is 748. The first-order valence-electron chi connectivity index (χ1n) is 7.12. The normalized spacial score (nSPS) is 11.7. The van der Waals surface area contributed by atoms with Crippen LogP contribution < -0.4 is 10.6 Å². The average molecular weight is 366 g/mol. The van der Waals surface area contributed by atoms with E-state index in [1.165, 1.54) is 30.2 Å². The van der Waals surface area contributed by atoms with E-state index >= 15 is 0 Å². The fourth-order valence-electron chi connectivity index (χ4n) is 1.75. The SMILES string of the molecule is COC(=O)[C@@H](C)Sc1nnc(NC(=O)Nc2ccc(C)c(C)c2)s1. The minimum absolute atomic E-state index is 0.336. The second-order valence-corrected chi connectivity index (χ2v) is 7.60. The van der Waals surface area contributed by atoms with Gasteiger partial charge in [0.15, 0.2) is 4.34 Å². The van der Waals surface area contributed by atoms with Gasteiger partial charge in [0.2, 0.25) is 5.13 Å². The average Bonchev–Trinajstić information content (AvgIpc) is 2.96. The summed E-state index contributed by atoms with van der Waals surface area (Å²) in [5.74, 6) is -0.336. The highest BCUT2D eigenvalue weighted by Crippen LogP contribution is 2.29. The standard InChI is InChI=1S/C15H18N4O3S2/c1-8-5-6-11(7-9(8)2)16-13(21)17-14-18-19-15(24-14)23-10(3)12(20)22-4/h5-7,10H,1-4H3,(H2,16,17,18,21)/t10-/m1/s1. The maximum absolute atomic E-state index is 12.0. The quantitative estimate of drug-likeness (QED) is 0.478. The Kier molecular flexibility index (Phi) is 6.16. The van der Waals surface area contributed by atoms with Gasteiger partial charge in [-0.1, -0.05) is 29.2 Å². The number of hydrogen-bond donors (Lipinski definition) is 2. The van der Waals surface area contributed by atoms with Gasteiger partial charge in [0.05, 0.1) is 7.11 Å². The molecule has 1 heterocycles. The predicted molar refractivity (Wildman–Crippen MR) is 95.8 cm³/mol. The molecule has 0 saturated carbocycles. The Morgan fingerprint density at radius 2 is 1.96 bits per heavy atom. The Morgan fingerprint density at radius 3 is 2.62 bits per heavy atom. The predicted octanol–water partition coefficient (Wildman–Crippen LogP) is 3.45. The van der Waals surface area contributed by atoms with Crippen molar-refractivity contribution in [1.82, 2.24) is 10.2 Å². The van der Waals surface area contributed by atoms with Gasteiger partial charge in [-0.15, -0.1) is 10.2 Å². The van der Waals surface area contributed by atoms with Gasteiger partial charge in [0.1, 0.15) is 5.25 Å². The zero-order valence-corrected chi connectivity index (χ0v) is 15.4. The fraction of sp³-hybridized carbons (Fsp3) is 0.333. The Balaban J connectivity index is 1.92. The molecule has 128 valence electrons. The van der Waals surface area contributed by atoms with Crippen LogP contribution in [0.25, 0.3) is 0 Å². The van der Waals surface area contributed by atoms with Crippen LogP contribution in [0.15, 0.2) is 22.5 Å². The summed E-state index contributed by atoms with van der Waals surface area (Å²) in [7, 11) is 1.34. The molecule has 2 aromatic rings. The van der Waals surface area contributed by atoms with E-state index in [1.54, 1.807) is 6.92 Å². The summed E-state index contributed by atoms with van der Waals surface area (Å²) >= 11 is 2.42. The van der Waals surface area contributed by atoms with Gasteiger partial charge in [-0.05, 0) is 44.0 Å². The molecule has 0 aliphatic rings. The Morgan fingerprint density at radius 1 is 1.21 bits per heavy atom. The van der Waals surface area contributed by atoms with Crippen molar-refractivity contribution >= 4 is 45.9 Å². The van der Waals surface area contributed by atoms with E-state index < -0.39 is 6.03 Å². The van der Waals surface area contributed by atoms with Gasteiger partial charge in [-0.3, -0.25) is 10.1 Å². The smallest absolute Gasteiger partial charge is 0.325 e. The van der Waals surface area contributed by atoms with Crippen LogP contribution in [-0.2, 0) is 9.53 Å². The van der Waals surface area contributed by atoms with E-state index in [1.807, 2.05) is 32.0 Å². The maximum Gasteiger partial charge on any atom is 0.325 e. The van der Waals surface area contributed by atoms with Crippen molar-refractivity contribution in [2.75, 3.05) is 17.7 Å². The number of methoxy groups -OCH3 is 1. The van der Waals surface area contributed by atoms with Crippen LogP contribution in [0.5, 0.6) is 0 Å². The zero-order chi connectivity index (χ0) is 17.7. The monoisotopic (exact) mass is 366 g/mol. The third-order valence-electron chi connectivity index (χ3n) is 3.20. The summed E-state index contributed by atoms with van der Waals surface area (Å²) in [6.45, 7) is 5.71. The lowest BCUT2D eigenvalue weighted by atomic mass is 10.1. The summed E-state index contributed by atoms with van der Waals surface area (Å²) in [6, 6.07) is 5.28. The van der Waals surface area contributed by atoms with E-state index in [9.17, 15) is 9.59 Å². The van der Waals surface area contributed by atoms with Crippen molar-refractivity contribution in [3.8, 4) is 0 Å². The minimum Gasteiger partial charge on any atom is -0.468 e. The molecule has 9 heteroatoms. The molecule has 0 bridgehead atoms. The van der Waals surface area contributed by atoms with Gasteiger partial charge < -0.3 is 10.1 Å². The van der Waals surface area contributed by atoms with Crippen LogP contribution in [-0.4, -0.2) is 34.6 Å². The maximum atomic E-state index is 12.0. The van der Waals surface area contributed by atoms with Crippen molar-refractivity contribution in [3.63, 3.8) is 0 Å². The number of ether oxygens (including phenoxy) is 1. The first-order chi connectivity index (χ1) is 11.4. The van der Waals surface area contributed by atoms with Crippen LogP contribution in [0, 0.1) is 13.8 Å². The van der Waals surface area contributed by atoms with E-state index in [0.717, 1.165) is 11.1 Å². The summed E-state index contributed by atoms with van der Waals surface area (Å²) in [4.78, 5) is 23.4. The molecule has 24 heavy (non-hydrogen) atoms. The fourth-order valence-corrected chi connectivity index (χ4v) is 3.67. The van der Waals surface area contributed by atoms with Crippen molar-refractivity contribution in [1.29, 1.82) is 0 Å². The number of nitrogens with zero attached hydrogens (tertiary/aromatic N) is 2. The molecular weight excluding hydrogens is 348 g/mol. The lowest BCUT2D eigenvalue weighted by Gasteiger charge is -2.07. The van der Waals surface area contributed by atoms with Gasteiger partial charge in [-0.25, -0.2) is 4.79 Å². The molecular formula is C15H18N4O3S2. The van der Waals surface area contributed by atoms with E-state index in [2.05, 4.69) is 25.6 Å². The molecule has 1 atom stereocenters. The number of thioether (sulfide) groups is 1. The van der Waals surface area contributed by atoms with Gasteiger partial charge in [0.25, 0.3) is 0 Å². The van der Waals surface area contributed by atoms with E-state index in [0.29, 0.717) is 15.2 Å². The molecule has 0 aliphatic carbocycles. The number of urea groups is 1. The third-order valence-corrected chi connectivity index (χ3v) is 5.20. The van der Waals surface area contributed by atoms with Crippen LogP contribution in [0.4, 0.5) is 15.6 Å². The molecule has 0 aliphatic heterocycles. The van der Waals surface area contributed by atoms with Crippen molar-refractivity contribution in [3.05, 3.63) is 29.3 Å².